The molecule has 1 atom stereocenters. The Labute approximate surface area is 158 Å². The van der Waals surface area contributed by atoms with Crippen molar-refractivity contribution in [1.29, 1.82) is 0 Å². The van der Waals surface area contributed by atoms with Crippen molar-refractivity contribution in [2.24, 2.45) is 0 Å². The van der Waals surface area contributed by atoms with Crippen LogP contribution in [0.15, 0.2) is 47.4 Å². The van der Waals surface area contributed by atoms with Crippen LogP contribution < -0.4 is 10.2 Å². The van der Waals surface area contributed by atoms with Crippen LogP contribution in [0.5, 0.6) is 0 Å². The molecule has 2 aliphatic heterocycles. The van der Waals surface area contributed by atoms with E-state index in [4.69, 9.17) is 0 Å². The third kappa shape index (κ3) is 2.68. The molecule has 138 valence electrons. The molecule has 2 aliphatic rings. The Morgan fingerprint density at radius 2 is 2.04 bits per heavy atom. The number of esters is 1. The van der Waals surface area contributed by atoms with Crippen molar-refractivity contribution in [3.8, 4) is 0 Å². The smallest absolute Gasteiger partial charge is 0.337 e. The zero-order valence-electron chi connectivity index (χ0n) is 14.3. The summed E-state index contributed by atoms with van der Waals surface area (Å²) in [4.78, 5) is 38.4. The minimum atomic E-state index is -1.16. The molecule has 27 heavy (non-hydrogen) atoms. The Hall–Kier alpha value is -2.87. The number of nitrogens with zero attached hydrogens (tertiary/aromatic N) is 1. The molecule has 2 heterocycles. The molecule has 6 nitrogen and oxygen atoms in total. The first kappa shape index (κ1) is 17.5. The Balaban J connectivity index is 1.68. The van der Waals surface area contributed by atoms with E-state index in [1.54, 1.807) is 12.1 Å². The predicted octanol–water partition coefficient (Wildman–Crippen LogP) is 3.18. The van der Waals surface area contributed by atoms with Crippen molar-refractivity contribution in [3.63, 3.8) is 0 Å². The second-order valence-corrected chi connectivity index (χ2v) is 7.54. The lowest BCUT2D eigenvalue weighted by molar-refractivity contribution is -0.121. The van der Waals surface area contributed by atoms with Crippen molar-refractivity contribution in [2.45, 2.75) is 22.6 Å². The van der Waals surface area contributed by atoms with Crippen LogP contribution in [0.25, 0.3) is 0 Å². The van der Waals surface area contributed by atoms with Gasteiger partial charge in [-0.3, -0.25) is 14.5 Å². The number of nitrogens with one attached hydrogen (secondary N) is 1. The molecule has 0 bridgehead atoms. The first-order chi connectivity index (χ1) is 13.0. The first-order valence-corrected chi connectivity index (χ1v) is 9.08. The number of ether oxygens (including phenoxy) is 1. The number of methoxy groups -OCH3 is 1. The van der Waals surface area contributed by atoms with E-state index in [9.17, 15) is 18.8 Å². The van der Waals surface area contributed by atoms with Crippen LogP contribution in [-0.4, -0.2) is 29.8 Å². The Bertz CT molecular complexity index is 980. The average Bonchev–Trinajstić information content (AvgIpc) is 3.18. The van der Waals surface area contributed by atoms with Crippen molar-refractivity contribution < 1.29 is 23.5 Å². The van der Waals surface area contributed by atoms with E-state index in [-0.39, 0.29) is 23.6 Å². The highest BCUT2D eigenvalue weighted by atomic mass is 32.2. The highest BCUT2D eigenvalue weighted by molar-refractivity contribution is 8.02. The SMILES string of the molecule is COC(=O)c1ccc(F)c(NC(=O)C23CCC(=O)N2c2ccccc2S3)c1. The van der Waals surface area contributed by atoms with Crippen molar-refractivity contribution in [2.75, 3.05) is 17.3 Å². The first-order valence-electron chi connectivity index (χ1n) is 8.27. The normalized spacial score (nSPS) is 20.2. The molecule has 2 aromatic rings. The zero-order valence-corrected chi connectivity index (χ0v) is 15.1. The van der Waals surface area contributed by atoms with Gasteiger partial charge in [-0.25, -0.2) is 9.18 Å². The van der Waals surface area contributed by atoms with Gasteiger partial charge in [0, 0.05) is 11.3 Å². The molecule has 1 unspecified atom stereocenters. The number of rotatable bonds is 3. The fraction of sp³-hybridized carbons (Fsp3) is 0.211. The average molecular weight is 386 g/mol. The summed E-state index contributed by atoms with van der Waals surface area (Å²) in [5.41, 5.74) is 0.672. The van der Waals surface area contributed by atoms with Gasteiger partial charge < -0.3 is 10.1 Å². The fourth-order valence-electron chi connectivity index (χ4n) is 3.38. The van der Waals surface area contributed by atoms with E-state index in [1.807, 2.05) is 12.1 Å². The lowest BCUT2D eigenvalue weighted by Gasteiger charge is -2.29. The summed E-state index contributed by atoms with van der Waals surface area (Å²) in [6, 6.07) is 10.9. The number of hydrogen-bond donors (Lipinski definition) is 1. The summed E-state index contributed by atoms with van der Waals surface area (Å²) in [6.07, 6.45) is 0.550. The molecule has 1 saturated heterocycles. The van der Waals surface area contributed by atoms with Crippen molar-refractivity contribution in [1.82, 2.24) is 0 Å². The molecule has 1 fully saturated rings. The number of anilines is 2. The number of carbonyl (C=O) groups is 3. The van der Waals surface area contributed by atoms with Gasteiger partial charge in [-0.1, -0.05) is 23.9 Å². The van der Waals surface area contributed by atoms with E-state index >= 15 is 0 Å². The van der Waals surface area contributed by atoms with Gasteiger partial charge in [0.05, 0.1) is 24.0 Å². The molecule has 4 rings (SSSR count). The second-order valence-electron chi connectivity index (χ2n) is 6.22. The molecular weight excluding hydrogens is 371 g/mol. The fourth-order valence-corrected chi connectivity index (χ4v) is 4.80. The summed E-state index contributed by atoms with van der Waals surface area (Å²) < 4.78 is 18.8. The summed E-state index contributed by atoms with van der Waals surface area (Å²) in [5.74, 6) is -1.96. The molecule has 1 N–H and O–H groups in total. The zero-order chi connectivity index (χ0) is 19.2. The molecule has 0 aromatic heterocycles. The van der Waals surface area contributed by atoms with E-state index < -0.39 is 22.6 Å². The number of amides is 2. The quantitative estimate of drug-likeness (QED) is 0.820. The monoisotopic (exact) mass is 386 g/mol. The van der Waals surface area contributed by atoms with E-state index in [2.05, 4.69) is 10.1 Å². The third-order valence-corrected chi connectivity index (χ3v) is 6.14. The minimum Gasteiger partial charge on any atom is -0.465 e. The summed E-state index contributed by atoms with van der Waals surface area (Å²) in [6.45, 7) is 0. The van der Waals surface area contributed by atoms with Gasteiger partial charge in [-0.05, 0) is 36.8 Å². The Kier molecular flexibility index (Phi) is 4.15. The molecule has 0 aliphatic carbocycles. The maximum atomic E-state index is 14.2. The number of hydrogen-bond acceptors (Lipinski definition) is 5. The molecule has 0 radical (unpaired) electrons. The number of benzene rings is 2. The Morgan fingerprint density at radius 1 is 1.26 bits per heavy atom. The number of carbonyl (C=O) groups excluding carboxylic acids is 3. The van der Waals surface area contributed by atoms with Crippen LogP contribution in [0.3, 0.4) is 0 Å². The van der Waals surface area contributed by atoms with Gasteiger partial charge in [0.25, 0.3) is 5.91 Å². The maximum Gasteiger partial charge on any atom is 0.337 e. The largest absolute Gasteiger partial charge is 0.465 e. The number of para-hydroxylation sites is 1. The van der Waals surface area contributed by atoms with Crippen LogP contribution in [0.4, 0.5) is 15.8 Å². The predicted molar refractivity (Wildman–Crippen MR) is 98.1 cm³/mol. The van der Waals surface area contributed by atoms with Crippen LogP contribution in [0.1, 0.15) is 23.2 Å². The molecule has 0 spiro atoms. The Morgan fingerprint density at radius 3 is 2.81 bits per heavy atom. The number of thioether (sulfide) groups is 1. The van der Waals surface area contributed by atoms with Gasteiger partial charge in [-0.15, -0.1) is 0 Å². The second kappa shape index (κ2) is 6.38. The summed E-state index contributed by atoms with van der Waals surface area (Å²) in [7, 11) is 1.22. The van der Waals surface area contributed by atoms with Crippen LogP contribution in [-0.2, 0) is 14.3 Å². The van der Waals surface area contributed by atoms with Gasteiger partial charge in [-0.2, -0.15) is 0 Å². The molecule has 0 saturated carbocycles. The van der Waals surface area contributed by atoms with E-state index in [1.165, 1.54) is 35.9 Å². The molecule has 8 heteroatoms. The third-order valence-electron chi connectivity index (χ3n) is 4.66. The molecule has 2 aromatic carbocycles. The van der Waals surface area contributed by atoms with E-state index in [0.29, 0.717) is 12.1 Å². The maximum absolute atomic E-state index is 14.2. The van der Waals surface area contributed by atoms with Crippen LogP contribution in [0.2, 0.25) is 0 Å². The number of fused-ring (bicyclic) bond motifs is 3. The number of halogens is 1. The lowest BCUT2D eigenvalue weighted by atomic mass is 10.1. The van der Waals surface area contributed by atoms with Gasteiger partial charge in [0.1, 0.15) is 5.82 Å². The summed E-state index contributed by atoms with van der Waals surface area (Å²) >= 11 is 1.29. The highest BCUT2D eigenvalue weighted by Crippen LogP contribution is 2.56. The van der Waals surface area contributed by atoms with Crippen molar-refractivity contribution in [3.05, 3.63) is 53.8 Å². The lowest BCUT2D eigenvalue weighted by Crippen LogP contribution is -2.49. The van der Waals surface area contributed by atoms with Gasteiger partial charge >= 0.3 is 5.97 Å². The van der Waals surface area contributed by atoms with Gasteiger partial charge in [0.2, 0.25) is 5.91 Å². The highest BCUT2D eigenvalue weighted by Gasteiger charge is 2.57. The van der Waals surface area contributed by atoms with Crippen molar-refractivity contribution >= 4 is 40.9 Å². The van der Waals surface area contributed by atoms with Crippen LogP contribution in [0, 0.1) is 5.82 Å². The minimum absolute atomic E-state index is 0.119. The molecular formula is C19H15FN2O4S. The summed E-state index contributed by atoms with van der Waals surface area (Å²) in [5, 5.41) is 2.55. The molecule has 2 amide bonds. The van der Waals surface area contributed by atoms with Crippen LogP contribution >= 0.6 is 11.8 Å². The topological polar surface area (TPSA) is 75.7 Å². The van der Waals surface area contributed by atoms with E-state index in [0.717, 1.165) is 11.0 Å². The standard InChI is InChI=1S/C19H15FN2O4S/c1-26-17(24)11-6-7-12(20)13(10-11)21-18(25)19-9-8-16(23)22(19)14-4-2-3-5-15(14)27-19/h2-7,10H,8-9H2,1H3,(H,21,25). The van der Waals surface area contributed by atoms with Gasteiger partial charge in [0.15, 0.2) is 4.87 Å².